The van der Waals surface area contributed by atoms with Crippen molar-refractivity contribution in [3.05, 3.63) is 91.6 Å². The molecule has 0 radical (unpaired) electrons. The third-order valence-electron chi connectivity index (χ3n) is 3.86. The van der Waals surface area contributed by atoms with Gasteiger partial charge in [0.1, 0.15) is 18.2 Å². The summed E-state index contributed by atoms with van der Waals surface area (Å²) in [5.74, 6) is 0.153. The molecule has 0 aliphatic rings. The molecule has 1 N–H and O–H groups in total. The van der Waals surface area contributed by atoms with Gasteiger partial charge in [-0.05, 0) is 48.5 Å². The number of anilines is 1. The summed E-state index contributed by atoms with van der Waals surface area (Å²) in [5, 5.41) is 5.15. The van der Waals surface area contributed by atoms with E-state index in [9.17, 15) is 4.39 Å². The standard InChI is InChI=1S/C20H14Cl4FNO/c21-13-5-7-20(27-11-15-16(23)2-1-3-18(15)25)12(8-13)10-26-19-6-4-14(22)9-17(19)24/h1-9,26H,10-11H2. The minimum atomic E-state index is -0.413. The van der Waals surface area contributed by atoms with Crippen LogP contribution in [0.4, 0.5) is 10.1 Å². The number of hydrogen-bond donors (Lipinski definition) is 1. The van der Waals surface area contributed by atoms with Crippen LogP contribution in [0.2, 0.25) is 20.1 Å². The number of nitrogens with one attached hydrogen (secondary N) is 1. The molecule has 0 fully saturated rings. The van der Waals surface area contributed by atoms with E-state index >= 15 is 0 Å². The van der Waals surface area contributed by atoms with E-state index in [-0.39, 0.29) is 6.61 Å². The third kappa shape index (κ3) is 5.20. The van der Waals surface area contributed by atoms with E-state index < -0.39 is 5.82 Å². The van der Waals surface area contributed by atoms with Gasteiger partial charge in [-0.2, -0.15) is 0 Å². The van der Waals surface area contributed by atoms with E-state index in [1.807, 2.05) is 0 Å². The van der Waals surface area contributed by atoms with E-state index in [4.69, 9.17) is 51.1 Å². The number of hydrogen-bond acceptors (Lipinski definition) is 2. The number of halogens is 5. The highest BCUT2D eigenvalue weighted by molar-refractivity contribution is 6.36. The highest BCUT2D eigenvalue weighted by Crippen LogP contribution is 2.29. The second-order valence-corrected chi connectivity index (χ2v) is 7.41. The maximum atomic E-state index is 13.9. The van der Waals surface area contributed by atoms with Gasteiger partial charge in [-0.1, -0.05) is 52.5 Å². The molecule has 0 unspecified atom stereocenters. The van der Waals surface area contributed by atoms with Crippen molar-refractivity contribution >= 4 is 52.1 Å². The smallest absolute Gasteiger partial charge is 0.131 e. The first kappa shape index (κ1) is 20.1. The van der Waals surface area contributed by atoms with Crippen molar-refractivity contribution in [3.63, 3.8) is 0 Å². The molecular weight excluding hydrogens is 431 g/mol. The zero-order chi connectivity index (χ0) is 19.4. The Morgan fingerprint density at radius 2 is 1.59 bits per heavy atom. The Morgan fingerprint density at radius 1 is 0.852 bits per heavy atom. The van der Waals surface area contributed by atoms with Crippen molar-refractivity contribution in [3.8, 4) is 5.75 Å². The lowest BCUT2D eigenvalue weighted by Crippen LogP contribution is -2.05. The highest BCUT2D eigenvalue weighted by Gasteiger charge is 2.11. The fraction of sp³-hybridized carbons (Fsp3) is 0.100. The molecule has 3 aromatic rings. The summed E-state index contributed by atoms with van der Waals surface area (Å²) < 4.78 is 19.7. The SMILES string of the molecule is Fc1cccc(Cl)c1COc1ccc(Cl)cc1CNc1ccc(Cl)cc1Cl. The minimum absolute atomic E-state index is 0.00183. The quantitative estimate of drug-likeness (QED) is 0.421. The van der Waals surface area contributed by atoms with Gasteiger partial charge in [0.05, 0.1) is 15.7 Å². The summed E-state index contributed by atoms with van der Waals surface area (Å²) in [5.41, 5.74) is 1.82. The summed E-state index contributed by atoms with van der Waals surface area (Å²) in [4.78, 5) is 0. The van der Waals surface area contributed by atoms with Gasteiger partial charge in [0.25, 0.3) is 0 Å². The average Bonchev–Trinajstić information content (AvgIpc) is 2.62. The van der Waals surface area contributed by atoms with Crippen LogP contribution in [0.1, 0.15) is 11.1 Å². The van der Waals surface area contributed by atoms with Gasteiger partial charge in [-0.15, -0.1) is 0 Å². The van der Waals surface area contributed by atoms with E-state index in [0.717, 1.165) is 11.3 Å². The van der Waals surface area contributed by atoms with Gasteiger partial charge >= 0.3 is 0 Å². The summed E-state index contributed by atoms with van der Waals surface area (Å²) in [6.45, 7) is 0.407. The van der Waals surface area contributed by atoms with E-state index in [2.05, 4.69) is 5.32 Å². The van der Waals surface area contributed by atoms with Crippen LogP contribution in [0, 0.1) is 5.82 Å². The van der Waals surface area contributed by atoms with E-state index in [1.165, 1.54) is 6.07 Å². The van der Waals surface area contributed by atoms with Gasteiger partial charge in [0.15, 0.2) is 0 Å². The molecule has 0 aliphatic carbocycles. The van der Waals surface area contributed by atoms with Crippen molar-refractivity contribution in [1.82, 2.24) is 0 Å². The van der Waals surface area contributed by atoms with Crippen LogP contribution in [0.3, 0.4) is 0 Å². The topological polar surface area (TPSA) is 21.3 Å². The fourth-order valence-corrected chi connectivity index (χ4v) is 3.36. The number of benzene rings is 3. The lowest BCUT2D eigenvalue weighted by Gasteiger charge is -2.15. The first-order chi connectivity index (χ1) is 12.9. The molecule has 0 saturated heterocycles. The Labute approximate surface area is 176 Å². The van der Waals surface area contributed by atoms with Crippen molar-refractivity contribution in [2.24, 2.45) is 0 Å². The number of rotatable bonds is 6. The van der Waals surface area contributed by atoms with Gasteiger partial charge in [0.2, 0.25) is 0 Å². The van der Waals surface area contributed by atoms with Crippen molar-refractivity contribution in [2.45, 2.75) is 13.2 Å². The summed E-state index contributed by atoms with van der Waals surface area (Å²) in [6.07, 6.45) is 0. The molecule has 7 heteroatoms. The zero-order valence-corrected chi connectivity index (χ0v) is 16.9. The maximum absolute atomic E-state index is 13.9. The molecule has 0 amide bonds. The minimum Gasteiger partial charge on any atom is -0.488 e. The molecule has 2 nitrogen and oxygen atoms in total. The predicted octanol–water partition coefficient (Wildman–Crippen LogP) is 7.63. The van der Waals surface area contributed by atoms with Crippen LogP contribution >= 0.6 is 46.4 Å². The van der Waals surface area contributed by atoms with Crippen LogP contribution in [-0.2, 0) is 13.2 Å². The number of ether oxygens (including phenoxy) is 1. The van der Waals surface area contributed by atoms with Gasteiger partial charge < -0.3 is 10.1 Å². The van der Waals surface area contributed by atoms with Crippen LogP contribution in [-0.4, -0.2) is 0 Å². The molecule has 27 heavy (non-hydrogen) atoms. The third-order valence-corrected chi connectivity index (χ3v) is 4.99. The van der Waals surface area contributed by atoms with Gasteiger partial charge in [0, 0.05) is 27.7 Å². The largest absolute Gasteiger partial charge is 0.488 e. The van der Waals surface area contributed by atoms with Crippen LogP contribution in [0.25, 0.3) is 0 Å². The second-order valence-electron chi connectivity index (χ2n) is 5.72. The Balaban J connectivity index is 1.77. The molecule has 0 aliphatic heterocycles. The van der Waals surface area contributed by atoms with Crippen molar-refractivity contribution in [2.75, 3.05) is 5.32 Å². The highest BCUT2D eigenvalue weighted by atomic mass is 35.5. The summed E-state index contributed by atoms with van der Waals surface area (Å²) in [6, 6.07) is 14.9. The summed E-state index contributed by atoms with van der Waals surface area (Å²) in [7, 11) is 0. The zero-order valence-electron chi connectivity index (χ0n) is 13.9. The molecular formula is C20H14Cl4FNO. The van der Waals surface area contributed by atoms with Crippen LogP contribution in [0.5, 0.6) is 5.75 Å². The molecule has 3 rings (SSSR count). The van der Waals surface area contributed by atoms with Crippen molar-refractivity contribution in [1.29, 1.82) is 0 Å². The van der Waals surface area contributed by atoms with E-state index in [1.54, 1.807) is 48.5 Å². The predicted molar refractivity (Wildman–Crippen MR) is 111 cm³/mol. The van der Waals surface area contributed by atoms with Crippen LogP contribution < -0.4 is 10.1 Å². The maximum Gasteiger partial charge on any atom is 0.131 e. The molecule has 3 aromatic carbocycles. The lowest BCUT2D eigenvalue weighted by molar-refractivity contribution is 0.297. The van der Waals surface area contributed by atoms with E-state index in [0.29, 0.717) is 37.9 Å². The molecule has 0 heterocycles. The fourth-order valence-electron chi connectivity index (χ4n) is 2.47. The normalized spacial score (nSPS) is 10.7. The molecule has 0 saturated carbocycles. The molecule has 0 bridgehead atoms. The Hall–Kier alpha value is -1.65. The average molecular weight is 445 g/mol. The Bertz CT molecular complexity index is 944. The lowest BCUT2D eigenvalue weighted by atomic mass is 10.2. The molecule has 140 valence electrons. The summed E-state index contributed by atoms with van der Waals surface area (Å²) >= 11 is 24.3. The molecule has 0 spiro atoms. The Morgan fingerprint density at radius 3 is 2.33 bits per heavy atom. The Kier molecular flexibility index (Phi) is 6.72. The van der Waals surface area contributed by atoms with Crippen LogP contribution in [0.15, 0.2) is 54.6 Å². The van der Waals surface area contributed by atoms with Gasteiger partial charge in [-0.3, -0.25) is 0 Å². The molecule has 0 atom stereocenters. The first-order valence-electron chi connectivity index (χ1n) is 7.97. The first-order valence-corrected chi connectivity index (χ1v) is 9.48. The van der Waals surface area contributed by atoms with Gasteiger partial charge in [-0.25, -0.2) is 4.39 Å². The van der Waals surface area contributed by atoms with Crippen molar-refractivity contribution < 1.29 is 9.13 Å². The monoisotopic (exact) mass is 443 g/mol. The molecule has 0 aromatic heterocycles. The second kappa shape index (κ2) is 9.03.